The Balaban J connectivity index is 1.54. The number of anilines is 1. The number of carbonyl (C=O) groups excluding carboxylic acids is 2. The van der Waals surface area contributed by atoms with Crippen LogP contribution >= 0.6 is 11.3 Å². The zero-order valence-corrected chi connectivity index (χ0v) is 18.2. The summed E-state index contributed by atoms with van der Waals surface area (Å²) in [6.45, 7) is 4.73. The highest BCUT2D eigenvalue weighted by Crippen LogP contribution is 2.32. The van der Waals surface area contributed by atoms with Crippen molar-refractivity contribution in [1.29, 1.82) is 0 Å². The number of thiazole rings is 1. The van der Waals surface area contributed by atoms with Crippen LogP contribution in [-0.4, -0.2) is 23.3 Å². The molecule has 4 rings (SSSR count). The van der Waals surface area contributed by atoms with Crippen molar-refractivity contribution < 1.29 is 14.0 Å². The maximum Gasteiger partial charge on any atom is 0.286 e. The van der Waals surface area contributed by atoms with E-state index in [1.54, 1.807) is 17.0 Å². The number of nitrogens with zero attached hydrogens (tertiary/aromatic N) is 2. The molecule has 0 bridgehead atoms. The third-order valence-electron chi connectivity index (χ3n) is 4.90. The number of furan rings is 1. The second-order valence-corrected chi connectivity index (χ2v) is 8.38. The van der Waals surface area contributed by atoms with Crippen LogP contribution in [0.5, 0.6) is 0 Å². The molecule has 0 unspecified atom stereocenters. The molecule has 0 aliphatic rings. The van der Waals surface area contributed by atoms with Crippen molar-refractivity contribution in [2.24, 2.45) is 0 Å². The number of nitrogens with one attached hydrogen (secondary N) is 1. The van der Waals surface area contributed by atoms with E-state index in [2.05, 4.69) is 24.4 Å². The van der Waals surface area contributed by atoms with Crippen LogP contribution in [-0.2, 0) is 11.3 Å². The molecule has 158 valence electrons. The van der Waals surface area contributed by atoms with Crippen LogP contribution in [0.3, 0.4) is 0 Å². The fourth-order valence-corrected chi connectivity index (χ4v) is 4.57. The summed E-state index contributed by atoms with van der Waals surface area (Å²) in [6.07, 6.45) is 1.60. The van der Waals surface area contributed by atoms with Gasteiger partial charge in [-0.1, -0.05) is 47.7 Å². The first-order chi connectivity index (χ1) is 15.0. The molecule has 2 heterocycles. The highest BCUT2D eigenvalue weighted by Gasteiger charge is 2.21. The number of benzene rings is 2. The van der Waals surface area contributed by atoms with Crippen molar-refractivity contribution in [3.63, 3.8) is 0 Å². The zero-order chi connectivity index (χ0) is 21.8. The molecule has 6 nitrogen and oxygen atoms in total. The second kappa shape index (κ2) is 9.14. The molecule has 0 aliphatic heterocycles. The van der Waals surface area contributed by atoms with Crippen LogP contribution < -0.4 is 10.2 Å². The smallest absolute Gasteiger partial charge is 0.286 e. The minimum Gasteiger partial charge on any atom is -0.459 e. The number of aryl methyl sites for hydroxylation is 2. The van der Waals surface area contributed by atoms with Crippen LogP contribution in [0.25, 0.3) is 10.2 Å². The van der Waals surface area contributed by atoms with Gasteiger partial charge in [0.15, 0.2) is 10.9 Å². The Kier molecular flexibility index (Phi) is 6.13. The van der Waals surface area contributed by atoms with Gasteiger partial charge in [0.25, 0.3) is 5.91 Å². The Labute approximate surface area is 184 Å². The number of fused-ring (bicyclic) bond motifs is 1. The van der Waals surface area contributed by atoms with Crippen molar-refractivity contribution in [3.05, 3.63) is 83.3 Å². The molecule has 0 saturated carbocycles. The Morgan fingerprint density at radius 3 is 2.65 bits per heavy atom. The van der Waals surface area contributed by atoms with E-state index in [1.165, 1.54) is 23.2 Å². The van der Waals surface area contributed by atoms with Gasteiger partial charge in [-0.25, -0.2) is 4.98 Å². The van der Waals surface area contributed by atoms with Crippen LogP contribution in [0.15, 0.2) is 65.3 Å². The average molecular weight is 434 g/mol. The topological polar surface area (TPSA) is 75.4 Å². The molecule has 2 aromatic heterocycles. The van der Waals surface area contributed by atoms with Gasteiger partial charge >= 0.3 is 0 Å². The van der Waals surface area contributed by atoms with Crippen LogP contribution in [0.1, 0.15) is 33.7 Å². The fraction of sp³-hybridized carbons (Fsp3) is 0.208. The summed E-state index contributed by atoms with van der Waals surface area (Å²) in [5.41, 5.74) is 4.20. The first-order valence-corrected chi connectivity index (χ1v) is 10.9. The van der Waals surface area contributed by atoms with Gasteiger partial charge in [-0.2, -0.15) is 0 Å². The molecule has 7 heteroatoms. The van der Waals surface area contributed by atoms with Gasteiger partial charge in [-0.05, 0) is 48.7 Å². The van der Waals surface area contributed by atoms with Gasteiger partial charge in [0.2, 0.25) is 5.91 Å². The quantitative estimate of drug-likeness (QED) is 0.452. The van der Waals surface area contributed by atoms with Gasteiger partial charge in [-0.15, -0.1) is 0 Å². The third-order valence-corrected chi connectivity index (χ3v) is 5.93. The monoisotopic (exact) mass is 433 g/mol. The van der Waals surface area contributed by atoms with E-state index >= 15 is 0 Å². The van der Waals surface area contributed by atoms with Crippen LogP contribution in [0.4, 0.5) is 5.13 Å². The summed E-state index contributed by atoms with van der Waals surface area (Å²) in [5, 5.41) is 3.39. The fourth-order valence-electron chi connectivity index (χ4n) is 3.42. The number of hydrogen-bond donors (Lipinski definition) is 1. The third kappa shape index (κ3) is 4.83. The Morgan fingerprint density at radius 1 is 1.10 bits per heavy atom. The Bertz CT molecular complexity index is 1200. The zero-order valence-electron chi connectivity index (χ0n) is 17.4. The summed E-state index contributed by atoms with van der Waals surface area (Å²) in [6, 6.07) is 17.3. The molecular weight excluding hydrogens is 410 g/mol. The Morgan fingerprint density at radius 2 is 1.90 bits per heavy atom. The van der Waals surface area contributed by atoms with E-state index in [1.807, 2.05) is 37.3 Å². The summed E-state index contributed by atoms with van der Waals surface area (Å²) < 4.78 is 6.15. The van der Waals surface area contributed by atoms with E-state index in [9.17, 15) is 9.59 Å². The largest absolute Gasteiger partial charge is 0.459 e. The number of hydrogen-bond acceptors (Lipinski definition) is 5. The molecule has 2 aromatic carbocycles. The predicted molar refractivity (Wildman–Crippen MR) is 122 cm³/mol. The standard InChI is InChI=1S/C24H23N3O3S/c1-16-13-17(2)22-20(14-16)31-24(26-22)27(15-18-7-4-3-5-8-18)21(28)10-11-25-23(29)19-9-6-12-30-19/h3-9,12-14H,10-11,15H2,1-2H3,(H,25,29). The van der Waals surface area contributed by atoms with Crippen molar-refractivity contribution in [3.8, 4) is 0 Å². The summed E-state index contributed by atoms with van der Waals surface area (Å²) >= 11 is 1.51. The molecule has 4 aromatic rings. The molecule has 0 aliphatic carbocycles. The molecule has 0 radical (unpaired) electrons. The number of amides is 2. The van der Waals surface area contributed by atoms with Crippen molar-refractivity contribution in [2.75, 3.05) is 11.4 Å². The van der Waals surface area contributed by atoms with E-state index in [-0.39, 0.29) is 30.5 Å². The molecule has 0 saturated heterocycles. The summed E-state index contributed by atoms with van der Waals surface area (Å²) in [4.78, 5) is 31.7. The van der Waals surface area contributed by atoms with Gasteiger partial charge in [0.1, 0.15) is 0 Å². The lowest BCUT2D eigenvalue weighted by atomic mass is 10.1. The number of aromatic nitrogens is 1. The van der Waals surface area contributed by atoms with Crippen molar-refractivity contribution in [2.45, 2.75) is 26.8 Å². The highest BCUT2D eigenvalue weighted by atomic mass is 32.1. The molecule has 2 amide bonds. The number of carbonyl (C=O) groups is 2. The maximum absolute atomic E-state index is 13.2. The maximum atomic E-state index is 13.2. The van der Waals surface area contributed by atoms with Crippen LogP contribution in [0, 0.1) is 13.8 Å². The molecule has 0 fully saturated rings. The summed E-state index contributed by atoms with van der Waals surface area (Å²) in [7, 11) is 0. The highest BCUT2D eigenvalue weighted by molar-refractivity contribution is 7.22. The predicted octanol–water partition coefficient (Wildman–Crippen LogP) is 4.86. The molecule has 1 N–H and O–H groups in total. The molecular formula is C24H23N3O3S. The summed E-state index contributed by atoms with van der Waals surface area (Å²) in [5.74, 6) is -0.207. The van der Waals surface area contributed by atoms with Gasteiger partial charge in [0.05, 0.1) is 23.0 Å². The van der Waals surface area contributed by atoms with E-state index in [0.29, 0.717) is 11.7 Å². The lowest BCUT2D eigenvalue weighted by Gasteiger charge is -2.20. The average Bonchev–Trinajstić information content (AvgIpc) is 3.43. The first-order valence-electron chi connectivity index (χ1n) is 10.0. The minimum atomic E-state index is -0.335. The lowest BCUT2D eigenvalue weighted by molar-refractivity contribution is -0.118. The molecule has 0 spiro atoms. The SMILES string of the molecule is Cc1cc(C)c2nc(N(Cc3ccccc3)C(=O)CCNC(=O)c3ccco3)sc2c1. The minimum absolute atomic E-state index is 0.1000. The van der Waals surface area contributed by atoms with Gasteiger partial charge in [0, 0.05) is 13.0 Å². The van der Waals surface area contributed by atoms with Gasteiger partial charge in [-0.3, -0.25) is 14.5 Å². The van der Waals surface area contributed by atoms with E-state index < -0.39 is 0 Å². The molecule has 31 heavy (non-hydrogen) atoms. The van der Waals surface area contributed by atoms with E-state index in [0.717, 1.165) is 21.3 Å². The Hall–Kier alpha value is -3.45. The van der Waals surface area contributed by atoms with Crippen LogP contribution in [0.2, 0.25) is 0 Å². The molecule has 0 atom stereocenters. The normalized spacial score (nSPS) is 10.9. The van der Waals surface area contributed by atoms with Gasteiger partial charge < -0.3 is 9.73 Å². The second-order valence-electron chi connectivity index (χ2n) is 7.37. The van der Waals surface area contributed by atoms with E-state index in [4.69, 9.17) is 9.40 Å². The van der Waals surface area contributed by atoms with Crippen molar-refractivity contribution in [1.82, 2.24) is 10.3 Å². The number of rotatable bonds is 7. The van der Waals surface area contributed by atoms with Crippen molar-refractivity contribution >= 4 is 38.5 Å². The lowest BCUT2D eigenvalue weighted by Crippen LogP contribution is -2.34. The first kappa shape index (κ1) is 20.8.